The fraction of sp³-hybridized carbons (Fsp3) is 0. The Morgan fingerprint density at radius 2 is 0.586 bits per heavy atom. The number of hydrogen-bond acceptors (Lipinski definition) is 2. The molecule has 2 nitrogen and oxygen atoms in total. The van der Waals surface area contributed by atoms with Crippen LogP contribution >= 0.6 is 0 Å². The van der Waals surface area contributed by atoms with Gasteiger partial charge >= 0.3 is 0 Å². The lowest BCUT2D eigenvalue weighted by Crippen LogP contribution is -2.11. The minimum atomic E-state index is 1.11. The lowest BCUT2D eigenvalue weighted by atomic mass is 9.87. The summed E-state index contributed by atoms with van der Waals surface area (Å²) in [6, 6.07) is 83.6. The van der Waals surface area contributed by atoms with Gasteiger partial charge in [-0.05, 0) is 104 Å². The second-order valence-corrected chi connectivity index (χ2v) is 14.9. The van der Waals surface area contributed by atoms with Crippen LogP contribution in [0.15, 0.2) is 231 Å². The fourth-order valence-electron chi connectivity index (χ4n) is 8.93. The highest BCUT2D eigenvalue weighted by atomic mass is 15.1. The zero-order chi connectivity index (χ0) is 38.4. The predicted octanol–water partition coefficient (Wildman–Crippen LogP) is 16.0. The maximum atomic E-state index is 2.43. The molecule has 0 spiro atoms. The normalized spacial score (nSPS) is 11.4. The average Bonchev–Trinajstić information content (AvgIpc) is 3.31. The highest BCUT2D eigenvalue weighted by Gasteiger charge is 2.24. The van der Waals surface area contributed by atoms with Crippen molar-refractivity contribution in [1.29, 1.82) is 0 Å². The Labute approximate surface area is 338 Å². The van der Waals surface area contributed by atoms with E-state index >= 15 is 0 Å². The number of nitrogens with zero attached hydrogens (tertiary/aromatic N) is 2. The third kappa shape index (κ3) is 5.66. The monoisotopic (exact) mass is 738 g/mol. The van der Waals surface area contributed by atoms with E-state index in [4.69, 9.17) is 0 Å². The van der Waals surface area contributed by atoms with E-state index in [1.807, 2.05) is 0 Å². The van der Waals surface area contributed by atoms with Gasteiger partial charge in [0.25, 0.3) is 0 Å². The van der Waals surface area contributed by atoms with E-state index in [9.17, 15) is 0 Å². The number of benzene rings is 11. The van der Waals surface area contributed by atoms with Crippen molar-refractivity contribution < 1.29 is 0 Å². The number of hydrogen-bond donors (Lipinski definition) is 0. The molecule has 0 radical (unpaired) electrons. The SMILES string of the molecule is c1ccc(-c2ccc(N(c3ccccc3)c3ccc4c5ccccc5c5c(N(c6ccccc6)c6ccc(-c7ccccc7)cc6)ccc6ccc3c4c65)cc2)cc1. The molecule has 0 unspecified atom stereocenters. The van der Waals surface area contributed by atoms with Crippen molar-refractivity contribution in [1.82, 2.24) is 0 Å². The lowest BCUT2D eigenvalue weighted by Gasteiger charge is -2.30. The summed E-state index contributed by atoms with van der Waals surface area (Å²) in [7, 11) is 0. The van der Waals surface area contributed by atoms with Crippen molar-refractivity contribution in [3.63, 3.8) is 0 Å². The first-order valence-electron chi connectivity index (χ1n) is 19.9. The highest BCUT2D eigenvalue weighted by Crippen LogP contribution is 2.50. The Balaban J connectivity index is 1.16. The van der Waals surface area contributed by atoms with Crippen LogP contribution in [0.2, 0.25) is 0 Å². The first-order chi connectivity index (χ1) is 28.8. The summed E-state index contributed by atoms with van der Waals surface area (Å²) in [5, 5.41) is 10.00. The molecule has 0 aliphatic heterocycles. The first-order valence-corrected chi connectivity index (χ1v) is 19.9. The van der Waals surface area contributed by atoms with Gasteiger partial charge in [0.1, 0.15) is 0 Å². The van der Waals surface area contributed by atoms with Crippen molar-refractivity contribution in [3.8, 4) is 22.3 Å². The van der Waals surface area contributed by atoms with Crippen molar-refractivity contribution in [2.45, 2.75) is 0 Å². The Morgan fingerprint density at radius 1 is 0.207 bits per heavy atom. The van der Waals surface area contributed by atoms with Gasteiger partial charge in [-0.2, -0.15) is 0 Å². The molecule has 0 aliphatic carbocycles. The molecule has 11 aromatic rings. The minimum absolute atomic E-state index is 1.11. The number of para-hydroxylation sites is 2. The largest absolute Gasteiger partial charge is 0.310 e. The van der Waals surface area contributed by atoms with E-state index in [-0.39, 0.29) is 0 Å². The zero-order valence-corrected chi connectivity index (χ0v) is 31.8. The van der Waals surface area contributed by atoms with Gasteiger partial charge in [-0.1, -0.05) is 170 Å². The van der Waals surface area contributed by atoms with E-state index in [0.29, 0.717) is 0 Å². The van der Waals surface area contributed by atoms with Crippen LogP contribution in [0.25, 0.3) is 65.3 Å². The summed E-state index contributed by atoms with van der Waals surface area (Å²) in [4.78, 5) is 4.84. The van der Waals surface area contributed by atoms with E-state index in [1.165, 1.54) is 65.3 Å². The summed E-state index contributed by atoms with van der Waals surface area (Å²) in [6.07, 6.45) is 0. The molecule has 2 heteroatoms. The van der Waals surface area contributed by atoms with E-state index in [0.717, 1.165) is 34.1 Å². The molecule has 0 N–H and O–H groups in total. The molecular formula is C56H38N2. The molecule has 11 rings (SSSR count). The maximum Gasteiger partial charge on any atom is 0.0546 e. The molecule has 0 amide bonds. The predicted molar refractivity (Wildman–Crippen MR) is 248 cm³/mol. The Hall–Kier alpha value is -7.68. The highest BCUT2D eigenvalue weighted by molar-refractivity contribution is 6.37. The third-order valence-corrected chi connectivity index (χ3v) is 11.6. The Kier molecular flexibility index (Phi) is 8.19. The van der Waals surface area contributed by atoms with Gasteiger partial charge in [0.05, 0.1) is 11.4 Å². The zero-order valence-electron chi connectivity index (χ0n) is 31.8. The molecule has 0 atom stereocenters. The van der Waals surface area contributed by atoms with Crippen LogP contribution < -0.4 is 9.80 Å². The molecule has 0 aromatic heterocycles. The minimum Gasteiger partial charge on any atom is -0.310 e. The van der Waals surface area contributed by atoms with Crippen LogP contribution in [0.5, 0.6) is 0 Å². The van der Waals surface area contributed by atoms with Crippen molar-refractivity contribution >= 4 is 77.2 Å². The Morgan fingerprint density at radius 3 is 1.14 bits per heavy atom. The van der Waals surface area contributed by atoms with Gasteiger partial charge in [-0.15, -0.1) is 0 Å². The Bertz CT molecular complexity index is 3180. The van der Waals surface area contributed by atoms with Crippen LogP contribution in [0.1, 0.15) is 0 Å². The van der Waals surface area contributed by atoms with Gasteiger partial charge in [0.2, 0.25) is 0 Å². The summed E-state index contributed by atoms with van der Waals surface area (Å²) in [5.74, 6) is 0. The van der Waals surface area contributed by atoms with Gasteiger partial charge < -0.3 is 9.80 Å². The molecule has 0 saturated carbocycles. The molecule has 11 aromatic carbocycles. The molecule has 0 heterocycles. The van der Waals surface area contributed by atoms with Crippen LogP contribution in [-0.4, -0.2) is 0 Å². The summed E-state index contributed by atoms with van der Waals surface area (Å²) in [6.45, 7) is 0. The molecule has 0 fully saturated rings. The summed E-state index contributed by atoms with van der Waals surface area (Å²) < 4.78 is 0. The second-order valence-electron chi connectivity index (χ2n) is 14.9. The van der Waals surface area contributed by atoms with E-state index in [1.54, 1.807) is 0 Å². The average molecular weight is 739 g/mol. The van der Waals surface area contributed by atoms with Gasteiger partial charge in [-0.3, -0.25) is 0 Å². The second kappa shape index (κ2) is 14.1. The van der Waals surface area contributed by atoms with Gasteiger partial charge in [-0.25, -0.2) is 0 Å². The van der Waals surface area contributed by atoms with Crippen molar-refractivity contribution in [2.24, 2.45) is 0 Å². The summed E-state index contributed by atoms with van der Waals surface area (Å²) in [5.41, 5.74) is 11.6. The topological polar surface area (TPSA) is 6.48 Å². The number of fused-ring (bicyclic) bond motifs is 3. The first kappa shape index (κ1) is 33.6. The molecule has 0 saturated heterocycles. The van der Waals surface area contributed by atoms with Crippen LogP contribution in [0.3, 0.4) is 0 Å². The maximum absolute atomic E-state index is 2.43. The lowest BCUT2D eigenvalue weighted by molar-refractivity contribution is 1.30. The molecule has 0 bridgehead atoms. The fourth-order valence-corrected chi connectivity index (χ4v) is 8.93. The van der Waals surface area contributed by atoms with E-state index < -0.39 is 0 Å². The van der Waals surface area contributed by atoms with Crippen molar-refractivity contribution in [2.75, 3.05) is 9.80 Å². The molecular weight excluding hydrogens is 701 g/mol. The van der Waals surface area contributed by atoms with E-state index in [2.05, 4.69) is 240 Å². The molecule has 58 heavy (non-hydrogen) atoms. The number of rotatable bonds is 8. The number of anilines is 6. The van der Waals surface area contributed by atoms with Gasteiger partial charge in [0, 0.05) is 44.3 Å². The summed E-state index contributed by atoms with van der Waals surface area (Å²) >= 11 is 0. The third-order valence-electron chi connectivity index (χ3n) is 11.6. The smallest absolute Gasteiger partial charge is 0.0546 e. The van der Waals surface area contributed by atoms with Crippen LogP contribution in [0.4, 0.5) is 34.1 Å². The quantitative estimate of drug-likeness (QED) is 0.113. The van der Waals surface area contributed by atoms with Crippen LogP contribution in [0, 0.1) is 0 Å². The standard InChI is InChI=1S/C56H38N2/c1-5-15-39(16-6-1)41-25-31-46(32-26-41)57(44-19-9-3-10-20-44)52-38-36-50-48-23-13-14-24-49(48)56-53(37-30-43-29-35-51(52)55(50)54(43)56)58(45-21-11-4-12-22-45)47-33-27-42(28-34-47)40-17-7-2-8-18-40/h1-38H. The van der Waals surface area contributed by atoms with Crippen LogP contribution in [-0.2, 0) is 0 Å². The molecule has 272 valence electrons. The molecule has 0 aliphatic rings. The van der Waals surface area contributed by atoms with Gasteiger partial charge in [0.15, 0.2) is 0 Å². The van der Waals surface area contributed by atoms with Crippen molar-refractivity contribution in [3.05, 3.63) is 231 Å².